The summed E-state index contributed by atoms with van der Waals surface area (Å²) in [4.78, 5) is 24.8. The summed E-state index contributed by atoms with van der Waals surface area (Å²) in [5.74, 6) is 0.267. The third-order valence-electron chi connectivity index (χ3n) is 1.80. The number of ether oxygens (including phenoxy) is 1. The van der Waals surface area contributed by atoms with Gasteiger partial charge in [0.15, 0.2) is 4.98 Å². The number of hydrogen-bond donors (Lipinski definition) is 0. The van der Waals surface area contributed by atoms with Crippen LogP contribution in [0.15, 0.2) is 18.2 Å². The van der Waals surface area contributed by atoms with E-state index in [1.165, 1.54) is 25.3 Å². The van der Waals surface area contributed by atoms with Gasteiger partial charge in [-0.1, -0.05) is 0 Å². The van der Waals surface area contributed by atoms with Crippen molar-refractivity contribution in [2.24, 2.45) is 0 Å². The molecule has 0 unspecified atom stereocenters. The van der Waals surface area contributed by atoms with Gasteiger partial charge in [-0.15, -0.1) is 0 Å². The van der Waals surface area contributed by atoms with Crippen molar-refractivity contribution in [3.05, 3.63) is 23.2 Å². The zero-order chi connectivity index (χ0) is 16.7. The standard InChI is InChI=1S/C9H8N3O3.F5P.FH/c1-15-9-4-7(12(5-13)6-14)2-3-8(9)11-10;1-6(2,3,4)5;/h2-6H,1H3;;1H/q+1;;/p-1. The second-order valence-corrected chi connectivity index (χ2v) is 4.49. The van der Waals surface area contributed by atoms with E-state index in [0.717, 1.165) is 4.90 Å². The van der Waals surface area contributed by atoms with Crippen molar-refractivity contribution >= 4 is 32.4 Å². The molecule has 0 saturated carbocycles. The number of imide groups is 1. The monoisotopic (exact) mass is 351 g/mol. The number of nitrogens with zero attached hydrogens (tertiary/aromatic N) is 3. The van der Waals surface area contributed by atoms with Crippen LogP contribution in [-0.2, 0) is 9.59 Å². The molecule has 0 bridgehead atoms. The molecule has 6 nitrogen and oxygen atoms in total. The van der Waals surface area contributed by atoms with Crippen LogP contribution in [0.3, 0.4) is 0 Å². The number of halogens is 6. The van der Waals surface area contributed by atoms with Crippen molar-refractivity contribution in [1.29, 1.82) is 5.39 Å². The van der Waals surface area contributed by atoms with E-state index in [1.807, 2.05) is 0 Å². The maximum Gasteiger partial charge on any atom is -1.00 e. The van der Waals surface area contributed by atoms with Gasteiger partial charge in [0.05, 0.1) is 12.8 Å². The van der Waals surface area contributed by atoms with E-state index < -0.39 is 8.16 Å². The number of carbonyl (C=O) groups excluding carboxylic acids is 2. The Balaban J connectivity index is 0. The number of methoxy groups -OCH3 is 1. The van der Waals surface area contributed by atoms with Crippen molar-refractivity contribution in [3.63, 3.8) is 0 Å². The molecule has 13 heteroatoms. The van der Waals surface area contributed by atoms with Gasteiger partial charge in [0.1, 0.15) is 0 Å². The number of rotatable bonds is 4. The van der Waals surface area contributed by atoms with Crippen molar-refractivity contribution in [3.8, 4) is 5.75 Å². The van der Waals surface area contributed by atoms with Crippen LogP contribution >= 0.6 is 8.16 Å². The second-order valence-electron chi connectivity index (χ2n) is 3.21. The van der Waals surface area contributed by atoms with Gasteiger partial charge in [0.2, 0.25) is 24.0 Å². The van der Waals surface area contributed by atoms with E-state index in [2.05, 4.69) is 4.98 Å². The summed E-state index contributed by atoms with van der Waals surface area (Å²) in [5.41, 5.74) is 0.558. The number of benzene rings is 1. The molecule has 0 aliphatic carbocycles. The molecular formula is C9H8F6N3O3P. The van der Waals surface area contributed by atoms with Gasteiger partial charge in [-0.05, 0) is 6.07 Å². The third-order valence-corrected chi connectivity index (χ3v) is 1.80. The van der Waals surface area contributed by atoms with E-state index in [-0.39, 0.29) is 16.1 Å². The summed E-state index contributed by atoms with van der Waals surface area (Å²) in [6, 6.07) is 4.30. The molecule has 0 radical (unpaired) electrons. The summed E-state index contributed by atoms with van der Waals surface area (Å²) in [5, 5.41) is 8.59. The summed E-state index contributed by atoms with van der Waals surface area (Å²) < 4.78 is 54.1. The fourth-order valence-corrected chi connectivity index (χ4v) is 1.06. The van der Waals surface area contributed by atoms with Gasteiger partial charge in [0.25, 0.3) is 0 Å². The molecule has 0 saturated heterocycles. The fraction of sp³-hybridized carbons (Fsp3) is 0.111. The predicted octanol–water partition coefficient (Wildman–Crippen LogP) is 1.27. The van der Waals surface area contributed by atoms with Gasteiger partial charge in [-0.2, -0.15) is 0 Å². The van der Waals surface area contributed by atoms with Crippen molar-refractivity contribution in [2.45, 2.75) is 0 Å². The Kier molecular flexibility index (Phi) is 8.09. The van der Waals surface area contributed by atoms with E-state index in [9.17, 15) is 30.6 Å². The molecule has 1 aromatic rings. The summed E-state index contributed by atoms with van der Waals surface area (Å²) in [7, 11) is -7.16. The Bertz CT molecular complexity index is 547. The largest absolute Gasteiger partial charge is 1.00 e. The Morgan fingerprint density at radius 2 is 1.64 bits per heavy atom. The summed E-state index contributed by atoms with van der Waals surface area (Å²) in [6.45, 7) is 0. The molecular weight excluding hydrogens is 343 g/mol. The van der Waals surface area contributed by atoms with Gasteiger partial charge in [-0.25, -0.2) is 0 Å². The molecule has 0 spiro atoms. The Morgan fingerprint density at radius 1 is 1.18 bits per heavy atom. The molecule has 2 amide bonds. The van der Waals surface area contributed by atoms with Crippen LogP contribution in [0.4, 0.5) is 32.4 Å². The molecule has 1 aromatic carbocycles. The first-order valence-corrected chi connectivity index (χ1v) is 6.52. The third kappa shape index (κ3) is 9.49. The van der Waals surface area contributed by atoms with Crippen LogP contribution < -0.4 is 14.3 Å². The molecule has 22 heavy (non-hydrogen) atoms. The molecule has 0 atom stereocenters. The van der Waals surface area contributed by atoms with E-state index in [0.29, 0.717) is 18.5 Å². The van der Waals surface area contributed by atoms with Crippen LogP contribution in [0.25, 0.3) is 4.98 Å². The summed E-state index contributed by atoms with van der Waals surface area (Å²) in [6.07, 6.45) is 0.745. The number of diazo groups is 1. The average molecular weight is 351 g/mol. The molecule has 0 aliphatic heterocycles. The SMILES string of the molecule is COc1cc(N(C=O)C=O)ccc1[N+]#N.FP(F)(F)(F)F.[F-]. The second kappa shape index (κ2) is 8.14. The van der Waals surface area contributed by atoms with E-state index >= 15 is 0 Å². The zero-order valence-corrected chi connectivity index (χ0v) is 11.6. The molecule has 124 valence electrons. The first-order chi connectivity index (χ1) is 9.50. The number of carbonyl (C=O) groups is 2. The van der Waals surface area contributed by atoms with Crippen LogP contribution in [0.1, 0.15) is 0 Å². The van der Waals surface area contributed by atoms with Crippen LogP contribution in [0.5, 0.6) is 5.75 Å². The maximum atomic E-state index is 10.5. The number of hydrogen-bond acceptors (Lipinski definition) is 4. The van der Waals surface area contributed by atoms with Gasteiger partial charge >= 0.3 is 34.8 Å². The van der Waals surface area contributed by atoms with Crippen molar-refractivity contribution in [1.82, 2.24) is 0 Å². The zero-order valence-electron chi connectivity index (χ0n) is 10.7. The molecule has 0 aromatic heterocycles. The number of anilines is 1. The average Bonchev–Trinajstić information content (AvgIpc) is 2.37. The Hall–Kier alpha value is -2.41. The first-order valence-electron chi connectivity index (χ1n) is 4.83. The number of amides is 2. The quantitative estimate of drug-likeness (QED) is 0.354. The van der Waals surface area contributed by atoms with E-state index in [1.54, 1.807) is 0 Å². The van der Waals surface area contributed by atoms with E-state index in [4.69, 9.17) is 10.1 Å². The Morgan fingerprint density at radius 3 is 1.95 bits per heavy atom. The normalized spacial score (nSPS) is 11.2. The minimum atomic E-state index is -8.55. The smallest absolute Gasteiger partial charge is 1.00 e. The van der Waals surface area contributed by atoms with Crippen LogP contribution in [0.2, 0.25) is 0 Å². The topological polar surface area (TPSA) is 74.8 Å². The molecule has 0 aliphatic rings. The van der Waals surface area contributed by atoms with Crippen LogP contribution in [-0.4, -0.2) is 19.9 Å². The molecule has 0 N–H and O–H groups in total. The molecule has 1 rings (SSSR count). The fourth-order valence-electron chi connectivity index (χ4n) is 1.06. The van der Waals surface area contributed by atoms with Gasteiger partial charge in [0, 0.05) is 12.1 Å². The van der Waals surface area contributed by atoms with Gasteiger partial charge < -0.3 is 9.44 Å². The minimum Gasteiger partial charge on any atom is -1.00 e. The van der Waals surface area contributed by atoms with Gasteiger partial charge in [-0.3, -0.25) is 14.5 Å². The van der Waals surface area contributed by atoms with Crippen molar-refractivity contribution < 1.29 is 40.0 Å². The molecule has 0 fully saturated rings. The molecule has 0 heterocycles. The summed E-state index contributed by atoms with van der Waals surface area (Å²) >= 11 is 0. The van der Waals surface area contributed by atoms with Crippen LogP contribution in [0, 0.1) is 5.39 Å². The Labute approximate surface area is 120 Å². The van der Waals surface area contributed by atoms with Crippen molar-refractivity contribution in [2.75, 3.05) is 12.0 Å². The maximum absolute atomic E-state index is 10.5. The predicted molar refractivity (Wildman–Crippen MR) is 64.8 cm³/mol. The first kappa shape index (κ1) is 21.9. The minimum absolute atomic E-state index is 0.